The van der Waals surface area contributed by atoms with E-state index < -0.39 is 11.5 Å². The summed E-state index contributed by atoms with van der Waals surface area (Å²) in [6.07, 6.45) is 2.24. The predicted octanol–water partition coefficient (Wildman–Crippen LogP) is 1.86. The van der Waals surface area contributed by atoms with E-state index in [2.05, 4.69) is 5.16 Å². The first-order valence-electron chi connectivity index (χ1n) is 9.22. The number of amides is 2. The highest BCUT2D eigenvalue weighted by Crippen LogP contribution is 2.46. The summed E-state index contributed by atoms with van der Waals surface area (Å²) in [5.74, 6) is -0.131. The summed E-state index contributed by atoms with van der Waals surface area (Å²) >= 11 is 0. The van der Waals surface area contributed by atoms with E-state index in [1.54, 1.807) is 22.9 Å². The van der Waals surface area contributed by atoms with Crippen LogP contribution in [0.3, 0.4) is 0 Å². The Balaban J connectivity index is 1.49. The summed E-state index contributed by atoms with van der Waals surface area (Å²) in [5.41, 5.74) is 0.608. The van der Waals surface area contributed by atoms with Crippen LogP contribution in [-0.2, 0) is 4.79 Å². The number of benzene rings is 1. The standard InChI is InChI=1S/C20H23N3O4/c1-22-17(14-5-3-2-4-6-14)16(24)13-20(19(22)26)8-10-23(11-9-20)18(25)15-7-12-27-21-15/h2-7,12,16-17,24H,8-11,13H2,1H3/t16-,17+/m1/s1. The van der Waals surface area contributed by atoms with Gasteiger partial charge >= 0.3 is 0 Å². The third kappa shape index (κ3) is 3.02. The molecule has 0 saturated carbocycles. The molecule has 2 aliphatic heterocycles. The SMILES string of the molecule is CN1C(=O)C2(CCN(C(=O)c3ccon3)CC2)C[C@@H](O)[C@@H]1c1ccccc1. The monoisotopic (exact) mass is 369 g/mol. The van der Waals surface area contributed by atoms with Gasteiger partial charge < -0.3 is 19.4 Å². The Hall–Kier alpha value is -2.67. The summed E-state index contributed by atoms with van der Waals surface area (Å²) in [7, 11) is 1.76. The van der Waals surface area contributed by atoms with Crippen molar-refractivity contribution in [3.05, 3.63) is 53.9 Å². The van der Waals surface area contributed by atoms with E-state index in [0.29, 0.717) is 32.4 Å². The maximum absolute atomic E-state index is 13.2. The fraction of sp³-hybridized carbons (Fsp3) is 0.450. The maximum atomic E-state index is 13.2. The van der Waals surface area contributed by atoms with Crippen LogP contribution in [0, 0.1) is 5.41 Å². The Kier molecular flexibility index (Phi) is 4.47. The summed E-state index contributed by atoms with van der Waals surface area (Å²) in [5, 5.41) is 14.6. The largest absolute Gasteiger partial charge is 0.391 e. The number of aromatic nitrogens is 1. The minimum atomic E-state index is -0.632. The van der Waals surface area contributed by atoms with Crippen LogP contribution < -0.4 is 0 Å². The average molecular weight is 369 g/mol. The van der Waals surface area contributed by atoms with E-state index in [1.165, 1.54) is 6.26 Å². The second-order valence-electron chi connectivity index (χ2n) is 7.50. The van der Waals surface area contributed by atoms with Crippen LogP contribution in [0.1, 0.15) is 41.4 Å². The summed E-state index contributed by atoms with van der Waals surface area (Å²) < 4.78 is 4.74. The molecular weight excluding hydrogens is 346 g/mol. The third-order valence-electron chi connectivity index (χ3n) is 5.96. The molecule has 142 valence electrons. The molecule has 7 nitrogen and oxygen atoms in total. The van der Waals surface area contributed by atoms with Crippen LogP contribution in [0.25, 0.3) is 0 Å². The lowest BCUT2D eigenvalue weighted by atomic mass is 9.68. The fourth-order valence-electron chi connectivity index (χ4n) is 4.49. The van der Waals surface area contributed by atoms with Crippen LogP contribution in [0.2, 0.25) is 0 Å². The average Bonchev–Trinajstić information content (AvgIpc) is 3.22. The normalized spacial score (nSPS) is 25.0. The van der Waals surface area contributed by atoms with E-state index in [-0.39, 0.29) is 23.6 Å². The highest BCUT2D eigenvalue weighted by molar-refractivity contribution is 5.92. The number of likely N-dealkylation sites (N-methyl/N-ethyl adjacent to an activating group) is 1. The first-order chi connectivity index (χ1) is 13.0. The van der Waals surface area contributed by atoms with Crippen molar-refractivity contribution in [2.75, 3.05) is 20.1 Å². The number of hydrogen-bond acceptors (Lipinski definition) is 5. The molecule has 1 spiro atoms. The van der Waals surface area contributed by atoms with Gasteiger partial charge in [-0.05, 0) is 24.8 Å². The first-order valence-corrected chi connectivity index (χ1v) is 9.22. The zero-order valence-electron chi connectivity index (χ0n) is 15.2. The molecule has 1 aromatic heterocycles. The van der Waals surface area contributed by atoms with Gasteiger partial charge in [0.15, 0.2) is 5.69 Å². The van der Waals surface area contributed by atoms with Crippen molar-refractivity contribution in [1.82, 2.24) is 15.0 Å². The number of nitrogens with zero attached hydrogens (tertiary/aromatic N) is 3. The molecule has 2 fully saturated rings. The number of aliphatic hydroxyl groups is 1. The molecule has 4 rings (SSSR count). The van der Waals surface area contributed by atoms with Gasteiger partial charge in [0.1, 0.15) is 6.26 Å². The lowest BCUT2D eigenvalue weighted by Crippen LogP contribution is -2.57. The topological polar surface area (TPSA) is 86.9 Å². The number of hydrogen-bond donors (Lipinski definition) is 1. The lowest BCUT2D eigenvalue weighted by Gasteiger charge is -2.50. The smallest absolute Gasteiger partial charge is 0.276 e. The summed E-state index contributed by atoms with van der Waals surface area (Å²) in [4.78, 5) is 29.0. The van der Waals surface area contributed by atoms with Crippen molar-refractivity contribution >= 4 is 11.8 Å². The Bertz CT molecular complexity index is 813. The molecule has 1 N–H and O–H groups in total. The van der Waals surface area contributed by atoms with Crippen LogP contribution >= 0.6 is 0 Å². The highest BCUT2D eigenvalue weighted by Gasteiger charge is 2.51. The van der Waals surface area contributed by atoms with Crippen molar-refractivity contribution in [2.45, 2.75) is 31.4 Å². The zero-order valence-corrected chi connectivity index (χ0v) is 15.2. The minimum absolute atomic E-state index is 0.0511. The minimum Gasteiger partial charge on any atom is -0.391 e. The molecule has 0 aliphatic carbocycles. The Labute approximate surface area is 157 Å². The molecule has 2 atom stereocenters. The molecule has 0 bridgehead atoms. The lowest BCUT2D eigenvalue weighted by molar-refractivity contribution is -0.161. The van der Waals surface area contributed by atoms with Gasteiger partial charge in [-0.3, -0.25) is 9.59 Å². The third-order valence-corrected chi connectivity index (χ3v) is 5.96. The van der Waals surface area contributed by atoms with Gasteiger partial charge in [-0.2, -0.15) is 0 Å². The first kappa shape index (κ1) is 17.7. The van der Waals surface area contributed by atoms with Crippen LogP contribution in [0.4, 0.5) is 0 Å². The quantitative estimate of drug-likeness (QED) is 0.873. The van der Waals surface area contributed by atoms with Crippen LogP contribution in [0.15, 0.2) is 47.2 Å². The predicted molar refractivity (Wildman–Crippen MR) is 96.7 cm³/mol. The Morgan fingerprint density at radius 2 is 1.93 bits per heavy atom. The summed E-state index contributed by atoms with van der Waals surface area (Å²) in [6, 6.07) is 10.8. The molecule has 3 heterocycles. The fourth-order valence-corrected chi connectivity index (χ4v) is 4.49. The number of aliphatic hydroxyl groups excluding tert-OH is 1. The number of likely N-dealkylation sites (tertiary alicyclic amines) is 2. The second kappa shape index (κ2) is 6.81. The molecule has 0 radical (unpaired) electrons. The molecule has 2 saturated heterocycles. The van der Waals surface area contributed by atoms with Crippen molar-refractivity contribution < 1.29 is 19.2 Å². The Morgan fingerprint density at radius 3 is 2.56 bits per heavy atom. The van der Waals surface area contributed by atoms with E-state index >= 15 is 0 Å². The molecule has 2 aliphatic rings. The maximum Gasteiger partial charge on any atom is 0.276 e. The van der Waals surface area contributed by atoms with Crippen LogP contribution in [0.5, 0.6) is 0 Å². The highest BCUT2D eigenvalue weighted by atomic mass is 16.5. The number of rotatable bonds is 2. The van der Waals surface area contributed by atoms with Crippen LogP contribution in [-0.4, -0.2) is 58.1 Å². The molecule has 27 heavy (non-hydrogen) atoms. The van der Waals surface area contributed by atoms with Crippen molar-refractivity contribution in [3.63, 3.8) is 0 Å². The number of piperidine rings is 2. The van der Waals surface area contributed by atoms with Gasteiger partial charge in [0.2, 0.25) is 5.91 Å². The van der Waals surface area contributed by atoms with Crippen molar-refractivity contribution in [1.29, 1.82) is 0 Å². The second-order valence-corrected chi connectivity index (χ2v) is 7.50. The van der Waals surface area contributed by atoms with Gasteiger partial charge in [-0.1, -0.05) is 35.5 Å². The van der Waals surface area contributed by atoms with E-state index in [9.17, 15) is 14.7 Å². The molecular formula is C20H23N3O4. The molecule has 7 heteroatoms. The molecule has 2 aromatic rings. The van der Waals surface area contributed by atoms with Gasteiger partial charge in [0.05, 0.1) is 17.6 Å². The summed E-state index contributed by atoms with van der Waals surface area (Å²) in [6.45, 7) is 0.933. The molecule has 1 aromatic carbocycles. The van der Waals surface area contributed by atoms with Gasteiger partial charge in [0, 0.05) is 26.2 Å². The van der Waals surface area contributed by atoms with Gasteiger partial charge in [-0.25, -0.2) is 0 Å². The van der Waals surface area contributed by atoms with Gasteiger partial charge in [-0.15, -0.1) is 0 Å². The number of carbonyl (C=O) groups excluding carboxylic acids is 2. The van der Waals surface area contributed by atoms with Gasteiger partial charge in [0.25, 0.3) is 5.91 Å². The van der Waals surface area contributed by atoms with E-state index in [1.807, 2.05) is 30.3 Å². The van der Waals surface area contributed by atoms with Crippen molar-refractivity contribution in [3.8, 4) is 0 Å². The zero-order chi connectivity index (χ0) is 19.0. The number of carbonyl (C=O) groups is 2. The molecule has 2 amide bonds. The van der Waals surface area contributed by atoms with Crippen molar-refractivity contribution in [2.24, 2.45) is 5.41 Å². The van der Waals surface area contributed by atoms with E-state index in [0.717, 1.165) is 5.56 Å². The van der Waals surface area contributed by atoms with E-state index in [4.69, 9.17) is 4.52 Å². The Morgan fingerprint density at radius 1 is 1.22 bits per heavy atom. The molecule has 0 unspecified atom stereocenters.